The summed E-state index contributed by atoms with van der Waals surface area (Å²) < 4.78 is 33.2. The van der Waals surface area contributed by atoms with Crippen molar-refractivity contribution in [1.29, 1.82) is 0 Å². The molecule has 0 fully saturated rings. The number of thioether (sulfide) groups is 1. The average Bonchev–Trinajstić information content (AvgIpc) is 2.70. The molecule has 0 aliphatic carbocycles. The molecule has 0 saturated heterocycles. The molecule has 2 aromatic carbocycles. The van der Waals surface area contributed by atoms with Crippen LogP contribution in [0.5, 0.6) is 5.75 Å². The molecule has 0 saturated carbocycles. The fraction of sp³-hybridized carbons (Fsp3) is 0.409. The summed E-state index contributed by atoms with van der Waals surface area (Å²) in [6.07, 6.45) is 0. The van der Waals surface area contributed by atoms with E-state index in [-0.39, 0.29) is 22.1 Å². The van der Waals surface area contributed by atoms with Crippen molar-refractivity contribution in [1.82, 2.24) is 5.32 Å². The number of carbonyl (C=O) groups excluding carboxylic acids is 1. The van der Waals surface area contributed by atoms with Gasteiger partial charge in [-0.2, -0.15) is 11.8 Å². The minimum absolute atomic E-state index is 0.107. The van der Waals surface area contributed by atoms with E-state index < -0.39 is 10.0 Å². The van der Waals surface area contributed by atoms with E-state index in [0.29, 0.717) is 24.6 Å². The standard InChI is InChI=1S/C22H30N2O4S2/c1-5-28-19-13-11-18(12-14-19)24(30(26,27)20-9-7-6-8-10-20)17-21(25)23-15-16-29-22(2,3)4/h6-14H,5,15-17H2,1-4H3,(H,23,25). The lowest BCUT2D eigenvalue weighted by Gasteiger charge is -2.24. The number of hydrogen-bond acceptors (Lipinski definition) is 5. The minimum Gasteiger partial charge on any atom is -0.494 e. The largest absolute Gasteiger partial charge is 0.494 e. The highest BCUT2D eigenvalue weighted by Gasteiger charge is 2.27. The number of nitrogens with zero attached hydrogens (tertiary/aromatic N) is 1. The van der Waals surface area contributed by atoms with Crippen LogP contribution in [0.25, 0.3) is 0 Å². The number of anilines is 1. The van der Waals surface area contributed by atoms with E-state index in [1.807, 2.05) is 6.92 Å². The first kappa shape index (κ1) is 24.1. The lowest BCUT2D eigenvalue weighted by Crippen LogP contribution is -2.41. The number of nitrogens with one attached hydrogen (secondary N) is 1. The fourth-order valence-electron chi connectivity index (χ4n) is 2.64. The van der Waals surface area contributed by atoms with Crippen molar-refractivity contribution in [3.05, 3.63) is 54.6 Å². The van der Waals surface area contributed by atoms with Crippen LogP contribution >= 0.6 is 11.8 Å². The Hall–Kier alpha value is -2.19. The molecule has 0 aliphatic heterocycles. The van der Waals surface area contributed by atoms with Crippen LogP contribution in [0.1, 0.15) is 27.7 Å². The molecule has 30 heavy (non-hydrogen) atoms. The van der Waals surface area contributed by atoms with E-state index in [2.05, 4.69) is 26.1 Å². The van der Waals surface area contributed by atoms with Gasteiger partial charge in [-0.15, -0.1) is 0 Å². The van der Waals surface area contributed by atoms with Crippen molar-refractivity contribution in [2.75, 3.05) is 29.8 Å². The maximum atomic E-state index is 13.3. The number of benzene rings is 2. The second-order valence-corrected chi connectivity index (χ2v) is 11.3. The molecule has 0 radical (unpaired) electrons. The number of hydrogen-bond donors (Lipinski definition) is 1. The van der Waals surface area contributed by atoms with Crippen molar-refractivity contribution in [2.45, 2.75) is 37.3 Å². The minimum atomic E-state index is -3.90. The molecule has 8 heteroatoms. The van der Waals surface area contributed by atoms with Crippen molar-refractivity contribution in [2.24, 2.45) is 0 Å². The van der Waals surface area contributed by atoms with Gasteiger partial charge in [0.1, 0.15) is 12.3 Å². The van der Waals surface area contributed by atoms with Gasteiger partial charge < -0.3 is 10.1 Å². The van der Waals surface area contributed by atoms with Gasteiger partial charge in [0.25, 0.3) is 10.0 Å². The van der Waals surface area contributed by atoms with Crippen LogP contribution in [0.3, 0.4) is 0 Å². The quantitative estimate of drug-likeness (QED) is 0.555. The first-order valence-electron chi connectivity index (χ1n) is 9.85. The Morgan fingerprint density at radius 2 is 1.70 bits per heavy atom. The summed E-state index contributed by atoms with van der Waals surface area (Å²) in [6.45, 7) is 8.90. The van der Waals surface area contributed by atoms with Gasteiger partial charge in [-0.1, -0.05) is 39.0 Å². The Morgan fingerprint density at radius 1 is 1.07 bits per heavy atom. The van der Waals surface area contributed by atoms with Gasteiger partial charge in [0.2, 0.25) is 5.91 Å². The van der Waals surface area contributed by atoms with Crippen LogP contribution < -0.4 is 14.4 Å². The van der Waals surface area contributed by atoms with E-state index in [0.717, 1.165) is 10.1 Å². The van der Waals surface area contributed by atoms with E-state index in [4.69, 9.17) is 4.74 Å². The molecule has 0 unspecified atom stereocenters. The maximum absolute atomic E-state index is 13.3. The van der Waals surface area contributed by atoms with Crippen molar-refractivity contribution in [3.8, 4) is 5.75 Å². The zero-order valence-corrected chi connectivity index (χ0v) is 19.6. The lowest BCUT2D eigenvalue weighted by atomic mass is 10.3. The van der Waals surface area contributed by atoms with Gasteiger partial charge in [-0.25, -0.2) is 8.42 Å². The molecule has 2 aromatic rings. The fourth-order valence-corrected chi connectivity index (χ4v) is 4.90. The monoisotopic (exact) mass is 450 g/mol. The number of ether oxygens (including phenoxy) is 1. The highest BCUT2D eigenvalue weighted by Crippen LogP contribution is 2.26. The number of carbonyl (C=O) groups is 1. The Labute approximate surface area is 184 Å². The van der Waals surface area contributed by atoms with Crippen LogP contribution in [0, 0.1) is 0 Å². The number of rotatable bonds is 10. The first-order valence-corrected chi connectivity index (χ1v) is 12.3. The van der Waals surface area contributed by atoms with E-state index in [1.165, 1.54) is 12.1 Å². The van der Waals surface area contributed by atoms with Gasteiger partial charge in [-0.05, 0) is 43.3 Å². The van der Waals surface area contributed by atoms with Crippen molar-refractivity contribution >= 4 is 33.4 Å². The van der Waals surface area contributed by atoms with Crippen LogP contribution in [0.4, 0.5) is 5.69 Å². The van der Waals surface area contributed by atoms with Crippen LogP contribution in [-0.2, 0) is 14.8 Å². The molecule has 164 valence electrons. The molecule has 0 atom stereocenters. The SMILES string of the molecule is CCOc1ccc(N(CC(=O)NCCSC(C)(C)C)S(=O)(=O)c2ccccc2)cc1. The lowest BCUT2D eigenvalue weighted by molar-refractivity contribution is -0.119. The van der Waals surface area contributed by atoms with Gasteiger partial charge >= 0.3 is 0 Å². The summed E-state index contributed by atoms with van der Waals surface area (Å²) in [4.78, 5) is 12.7. The molecule has 2 rings (SSSR count). The summed E-state index contributed by atoms with van der Waals surface area (Å²) in [5, 5.41) is 2.82. The predicted octanol–water partition coefficient (Wildman–Crippen LogP) is 3.93. The van der Waals surface area contributed by atoms with Gasteiger partial charge in [-0.3, -0.25) is 9.10 Å². The third-order valence-corrected chi connectivity index (χ3v) is 7.08. The molecule has 0 spiro atoms. The molecule has 1 N–H and O–H groups in total. The first-order chi connectivity index (χ1) is 14.1. The third-order valence-electron chi connectivity index (χ3n) is 4.01. The average molecular weight is 451 g/mol. The van der Waals surface area contributed by atoms with Crippen LogP contribution in [-0.4, -0.2) is 44.5 Å². The van der Waals surface area contributed by atoms with E-state index in [9.17, 15) is 13.2 Å². The molecule has 0 heterocycles. The van der Waals surface area contributed by atoms with E-state index >= 15 is 0 Å². The highest BCUT2D eigenvalue weighted by atomic mass is 32.2. The Balaban J connectivity index is 2.20. The molecule has 6 nitrogen and oxygen atoms in total. The second kappa shape index (κ2) is 10.7. The van der Waals surface area contributed by atoms with Gasteiger partial charge in [0, 0.05) is 17.0 Å². The van der Waals surface area contributed by atoms with Gasteiger partial charge in [0.15, 0.2) is 0 Å². The molecule has 0 aromatic heterocycles. The summed E-state index contributed by atoms with van der Waals surface area (Å²) in [7, 11) is -3.90. The van der Waals surface area contributed by atoms with Crippen LogP contribution in [0.15, 0.2) is 59.5 Å². The number of sulfonamides is 1. The normalized spacial score (nSPS) is 11.7. The topological polar surface area (TPSA) is 75.7 Å². The maximum Gasteiger partial charge on any atom is 0.264 e. The zero-order chi connectivity index (χ0) is 22.2. The molecular weight excluding hydrogens is 420 g/mol. The van der Waals surface area contributed by atoms with Gasteiger partial charge in [0.05, 0.1) is 17.2 Å². The Bertz CT molecular complexity index is 908. The smallest absolute Gasteiger partial charge is 0.264 e. The summed E-state index contributed by atoms with van der Waals surface area (Å²) in [5.74, 6) is 1.05. The molecule has 0 bridgehead atoms. The number of amides is 1. The van der Waals surface area contributed by atoms with E-state index in [1.54, 1.807) is 54.2 Å². The molecular formula is C22H30N2O4S2. The molecule has 1 amide bonds. The Kier molecular flexibility index (Phi) is 8.61. The summed E-state index contributed by atoms with van der Waals surface area (Å²) in [6, 6.07) is 14.8. The summed E-state index contributed by atoms with van der Waals surface area (Å²) in [5.41, 5.74) is 0.404. The summed E-state index contributed by atoms with van der Waals surface area (Å²) >= 11 is 1.74. The highest BCUT2D eigenvalue weighted by molar-refractivity contribution is 8.00. The second-order valence-electron chi connectivity index (χ2n) is 7.56. The van der Waals surface area contributed by atoms with Crippen LogP contribution in [0.2, 0.25) is 0 Å². The van der Waals surface area contributed by atoms with Crippen molar-refractivity contribution in [3.63, 3.8) is 0 Å². The Morgan fingerprint density at radius 3 is 2.27 bits per heavy atom. The predicted molar refractivity (Wildman–Crippen MR) is 124 cm³/mol. The van der Waals surface area contributed by atoms with Crippen molar-refractivity contribution < 1.29 is 17.9 Å². The third kappa shape index (κ3) is 7.25. The molecule has 0 aliphatic rings. The zero-order valence-electron chi connectivity index (χ0n) is 17.9.